The second-order valence-corrected chi connectivity index (χ2v) is 5.91. The lowest BCUT2D eigenvalue weighted by Crippen LogP contribution is -2.41. The molecule has 0 aromatic heterocycles. The monoisotopic (exact) mass is 256 g/mol. The lowest BCUT2D eigenvalue weighted by Gasteiger charge is -2.34. The Bertz CT molecular complexity index is 191. The van der Waals surface area contributed by atoms with Crippen LogP contribution in [0.1, 0.15) is 52.4 Å². The Balaban J connectivity index is 2.16. The van der Waals surface area contributed by atoms with Gasteiger partial charge in [-0.1, -0.05) is 33.1 Å². The number of hydrogen-bond acceptors (Lipinski definition) is 3. The molecule has 0 aliphatic heterocycles. The van der Waals surface area contributed by atoms with Crippen molar-refractivity contribution in [1.29, 1.82) is 0 Å². The minimum atomic E-state index is 0.739. The van der Waals surface area contributed by atoms with E-state index in [1.165, 1.54) is 38.5 Å². The van der Waals surface area contributed by atoms with Crippen molar-refractivity contribution in [3.05, 3.63) is 0 Å². The maximum atomic E-state index is 5.73. The molecule has 1 fully saturated rings. The first-order chi connectivity index (χ1) is 8.74. The number of nitrogens with zero attached hydrogens (tertiary/aromatic N) is 1. The van der Waals surface area contributed by atoms with Crippen LogP contribution in [0.15, 0.2) is 0 Å². The second kappa shape index (κ2) is 9.76. The average Bonchev–Trinajstić information content (AvgIpc) is 2.38. The maximum Gasteiger partial charge on any atom is 0.0593 e. The molecular weight excluding hydrogens is 224 g/mol. The molecule has 108 valence electrons. The summed E-state index contributed by atoms with van der Waals surface area (Å²) in [5, 5.41) is 0. The molecule has 1 aliphatic rings. The Kier molecular flexibility index (Phi) is 8.64. The molecule has 2 N–H and O–H groups in total. The Morgan fingerprint density at radius 2 is 1.83 bits per heavy atom. The van der Waals surface area contributed by atoms with Crippen LogP contribution < -0.4 is 5.73 Å². The van der Waals surface area contributed by atoms with Crippen LogP contribution in [0.4, 0.5) is 0 Å². The fourth-order valence-corrected chi connectivity index (χ4v) is 2.69. The molecule has 18 heavy (non-hydrogen) atoms. The molecule has 0 aromatic carbocycles. The maximum absolute atomic E-state index is 5.73. The Morgan fingerprint density at radius 3 is 2.44 bits per heavy atom. The summed E-state index contributed by atoms with van der Waals surface area (Å²) in [6, 6.07) is 0.760. The third-order valence-electron chi connectivity index (χ3n) is 3.87. The summed E-state index contributed by atoms with van der Waals surface area (Å²) < 4.78 is 5.73. The zero-order chi connectivity index (χ0) is 13.2. The average molecular weight is 256 g/mol. The van der Waals surface area contributed by atoms with E-state index in [-0.39, 0.29) is 0 Å². The quantitative estimate of drug-likeness (QED) is 0.645. The lowest BCUT2D eigenvalue weighted by atomic mass is 9.94. The van der Waals surface area contributed by atoms with Crippen molar-refractivity contribution in [2.24, 2.45) is 11.7 Å². The van der Waals surface area contributed by atoms with Crippen molar-refractivity contribution < 1.29 is 4.74 Å². The molecule has 0 unspecified atom stereocenters. The van der Waals surface area contributed by atoms with E-state index in [0.717, 1.165) is 44.8 Å². The van der Waals surface area contributed by atoms with Crippen molar-refractivity contribution in [3.8, 4) is 0 Å². The van der Waals surface area contributed by atoms with Crippen molar-refractivity contribution >= 4 is 0 Å². The van der Waals surface area contributed by atoms with E-state index in [1.807, 2.05) is 0 Å². The van der Waals surface area contributed by atoms with Crippen molar-refractivity contribution in [2.75, 3.05) is 32.8 Å². The highest BCUT2D eigenvalue weighted by Crippen LogP contribution is 2.22. The minimum Gasteiger partial charge on any atom is -0.380 e. The predicted octanol–water partition coefficient (Wildman–Crippen LogP) is 2.64. The Labute approximate surface area is 113 Å². The van der Waals surface area contributed by atoms with E-state index < -0.39 is 0 Å². The van der Waals surface area contributed by atoms with Crippen LogP contribution in [0.2, 0.25) is 0 Å². The van der Waals surface area contributed by atoms with Crippen molar-refractivity contribution in [2.45, 2.75) is 58.4 Å². The van der Waals surface area contributed by atoms with Gasteiger partial charge in [0.15, 0.2) is 0 Å². The van der Waals surface area contributed by atoms with Gasteiger partial charge >= 0.3 is 0 Å². The first-order valence-electron chi connectivity index (χ1n) is 7.76. The van der Waals surface area contributed by atoms with Crippen LogP contribution in [-0.4, -0.2) is 43.8 Å². The number of hydrogen-bond donors (Lipinski definition) is 1. The highest BCUT2D eigenvalue weighted by Gasteiger charge is 2.19. The Hall–Kier alpha value is -0.120. The van der Waals surface area contributed by atoms with Crippen LogP contribution in [0, 0.1) is 5.92 Å². The normalized spacial score (nSPS) is 17.8. The fourth-order valence-electron chi connectivity index (χ4n) is 2.69. The van der Waals surface area contributed by atoms with Gasteiger partial charge in [-0.3, -0.25) is 4.90 Å². The molecule has 0 saturated heterocycles. The molecule has 0 spiro atoms. The SMILES string of the molecule is CC(C)CCOCCN(CCN)C1CCCCC1. The van der Waals surface area contributed by atoms with E-state index in [0.29, 0.717) is 0 Å². The number of ether oxygens (including phenoxy) is 1. The van der Waals surface area contributed by atoms with E-state index in [4.69, 9.17) is 10.5 Å². The van der Waals surface area contributed by atoms with Crippen LogP contribution in [0.25, 0.3) is 0 Å². The van der Waals surface area contributed by atoms with Gasteiger partial charge in [0.25, 0.3) is 0 Å². The molecule has 1 rings (SSSR count). The van der Waals surface area contributed by atoms with E-state index >= 15 is 0 Å². The van der Waals surface area contributed by atoms with Crippen LogP contribution in [0.3, 0.4) is 0 Å². The highest BCUT2D eigenvalue weighted by atomic mass is 16.5. The molecule has 3 nitrogen and oxygen atoms in total. The number of nitrogens with two attached hydrogens (primary N) is 1. The van der Waals surface area contributed by atoms with Crippen molar-refractivity contribution in [1.82, 2.24) is 4.90 Å². The molecule has 0 amide bonds. The van der Waals surface area contributed by atoms with E-state index in [9.17, 15) is 0 Å². The van der Waals surface area contributed by atoms with Crippen LogP contribution in [0.5, 0.6) is 0 Å². The first kappa shape index (κ1) is 15.9. The van der Waals surface area contributed by atoms with Gasteiger partial charge in [-0.25, -0.2) is 0 Å². The summed E-state index contributed by atoms with van der Waals surface area (Å²) in [5.74, 6) is 0.739. The van der Waals surface area contributed by atoms with E-state index in [1.54, 1.807) is 0 Å². The van der Waals surface area contributed by atoms with Crippen LogP contribution >= 0.6 is 0 Å². The molecule has 1 saturated carbocycles. The molecule has 0 aromatic rings. The zero-order valence-corrected chi connectivity index (χ0v) is 12.4. The fraction of sp³-hybridized carbons (Fsp3) is 1.00. The molecule has 0 bridgehead atoms. The lowest BCUT2D eigenvalue weighted by molar-refractivity contribution is 0.0729. The topological polar surface area (TPSA) is 38.5 Å². The summed E-state index contributed by atoms with van der Waals surface area (Å²) in [7, 11) is 0. The molecule has 1 aliphatic carbocycles. The highest BCUT2D eigenvalue weighted by molar-refractivity contribution is 4.76. The summed E-state index contributed by atoms with van der Waals surface area (Å²) in [5.41, 5.74) is 5.72. The van der Waals surface area contributed by atoms with Gasteiger partial charge < -0.3 is 10.5 Å². The van der Waals surface area contributed by atoms with Gasteiger partial charge in [-0.2, -0.15) is 0 Å². The summed E-state index contributed by atoms with van der Waals surface area (Å²) >= 11 is 0. The van der Waals surface area contributed by atoms with Gasteiger partial charge in [0.2, 0.25) is 0 Å². The first-order valence-corrected chi connectivity index (χ1v) is 7.76. The third-order valence-corrected chi connectivity index (χ3v) is 3.87. The summed E-state index contributed by atoms with van der Waals surface area (Å²) in [4.78, 5) is 2.55. The van der Waals surface area contributed by atoms with Gasteiger partial charge in [0, 0.05) is 32.3 Å². The largest absolute Gasteiger partial charge is 0.380 e. The van der Waals surface area contributed by atoms with Crippen LogP contribution in [-0.2, 0) is 4.74 Å². The molecule has 3 heteroatoms. The predicted molar refractivity (Wildman–Crippen MR) is 77.8 cm³/mol. The van der Waals surface area contributed by atoms with Gasteiger partial charge in [-0.05, 0) is 25.2 Å². The summed E-state index contributed by atoms with van der Waals surface area (Å²) in [6.07, 6.45) is 8.07. The second-order valence-electron chi connectivity index (χ2n) is 5.91. The number of rotatable bonds is 9. The minimum absolute atomic E-state index is 0.739. The van der Waals surface area contributed by atoms with E-state index in [2.05, 4.69) is 18.7 Å². The smallest absolute Gasteiger partial charge is 0.0593 e. The zero-order valence-electron chi connectivity index (χ0n) is 12.4. The molecule has 0 atom stereocenters. The standard InChI is InChI=1S/C15H32N2O/c1-14(2)8-12-18-13-11-17(10-9-16)15-6-4-3-5-7-15/h14-15H,3-13,16H2,1-2H3. The molecule has 0 heterocycles. The molecular formula is C15H32N2O. The van der Waals surface area contributed by atoms with Crippen molar-refractivity contribution in [3.63, 3.8) is 0 Å². The molecule has 0 radical (unpaired) electrons. The van der Waals surface area contributed by atoms with Gasteiger partial charge in [0.05, 0.1) is 6.61 Å². The third kappa shape index (κ3) is 6.72. The summed E-state index contributed by atoms with van der Waals surface area (Å²) in [6.45, 7) is 9.10. The van der Waals surface area contributed by atoms with Gasteiger partial charge in [0.1, 0.15) is 0 Å². The van der Waals surface area contributed by atoms with Gasteiger partial charge in [-0.15, -0.1) is 0 Å². The Morgan fingerprint density at radius 1 is 1.11 bits per heavy atom.